The summed E-state index contributed by atoms with van der Waals surface area (Å²) < 4.78 is 6.88. The molecule has 1 N–H and O–H groups in total. The van der Waals surface area contributed by atoms with Crippen LogP contribution >= 0.6 is 22.6 Å². The van der Waals surface area contributed by atoms with Gasteiger partial charge in [-0.1, -0.05) is 18.2 Å². The number of aromatic nitrogens is 1. The van der Waals surface area contributed by atoms with E-state index >= 15 is 0 Å². The van der Waals surface area contributed by atoms with Crippen LogP contribution in [0.25, 0.3) is 22.6 Å². The molecule has 0 saturated carbocycles. The summed E-state index contributed by atoms with van der Waals surface area (Å²) in [6, 6.07) is 17.4. The maximum atomic E-state index is 12.7. The van der Waals surface area contributed by atoms with Crippen molar-refractivity contribution < 1.29 is 9.21 Å². The number of halogens is 1. The molecular formula is C23H19IN2O2. The van der Waals surface area contributed by atoms with Crippen molar-refractivity contribution in [2.75, 3.05) is 5.32 Å². The first-order chi connectivity index (χ1) is 13.4. The fourth-order valence-electron chi connectivity index (χ4n) is 3.03. The van der Waals surface area contributed by atoms with Crippen LogP contribution in [0.1, 0.15) is 27.0 Å². The third-order valence-electron chi connectivity index (χ3n) is 4.86. The van der Waals surface area contributed by atoms with Crippen LogP contribution in [0.5, 0.6) is 0 Å². The van der Waals surface area contributed by atoms with Crippen molar-refractivity contribution in [1.29, 1.82) is 0 Å². The number of rotatable bonds is 3. The van der Waals surface area contributed by atoms with Crippen molar-refractivity contribution in [1.82, 2.24) is 4.98 Å². The second-order valence-corrected chi connectivity index (χ2v) is 8.05. The minimum atomic E-state index is -0.130. The molecule has 1 aromatic heterocycles. The highest BCUT2D eigenvalue weighted by Crippen LogP contribution is 2.29. The topological polar surface area (TPSA) is 55.1 Å². The van der Waals surface area contributed by atoms with Crippen LogP contribution in [0.15, 0.2) is 59.0 Å². The Kier molecular flexibility index (Phi) is 4.93. The second-order valence-electron chi connectivity index (χ2n) is 6.89. The average Bonchev–Trinajstić information content (AvgIpc) is 3.07. The lowest BCUT2D eigenvalue weighted by Crippen LogP contribution is -2.14. The zero-order valence-electron chi connectivity index (χ0n) is 15.8. The van der Waals surface area contributed by atoms with Crippen molar-refractivity contribution in [2.45, 2.75) is 20.8 Å². The number of nitrogens with one attached hydrogen (secondary N) is 1. The van der Waals surface area contributed by atoms with Gasteiger partial charge in [-0.25, -0.2) is 4.98 Å². The molecule has 5 heteroatoms. The Bertz CT molecular complexity index is 1170. The van der Waals surface area contributed by atoms with Crippen LogP contribution in [0.2, 0.25) is 0 Å². The summed E-state index contributed by atoms with van der Waals surface area (Å²) in [5, 5.41) is 3.02. The van der Waals surface area contributed by atoms with Gasteiger partial charge in [0.25, 0.3) is 5.91 Å². The third-order valence-corrected chi connectivity index (χ3v) is 5.80. The number of aryl methyl sites for hydroxylation is 3. The Hall–Kier alpha value is -2.67. The Labute approximate surface area is 177 Å². The highest BCUT2D eigenvalue weighted by atomic mass is 127. The standard InChI is InChI=1S/C23H19IN2O2/c1-13-8-9-16(23-26-20-10-14(2)15(3)11-21(20)28-23)12-19(13)25-22(27)17-6-4-5-7-18(17)24/h4-12H,1-3H3,(H,25,27). The van der Waals surface area contributed by atoms with Crippen LogP contribution in [0.3, 0.4) is 0 Å². The molecule has 4 aromatic rings. The number of anilines is 1. The zero-order valence-corrected chi connectivity index (χ0v) is 18.0. The minimum Gasteiger partial charge on any atom is -0.436 e. The SMILES string of the molecule is Cc1cc2nc(-c3ccc(C)c(NC(=O)c4ccccc4I)c3)oc2cc1C. The predicted octanol–water partition coefficient (Wildman–Crippen LogP) is 6.28. The largest absolute Gasteiger partial charge is 0.436 e. The maximum absolute atomic E-state index is 12.7. The van der Waals surface area contributed by atoms with Crippen molar-refractivity contribution >= 4 is 45.3 Å². The smallest absolute Gasteiger partial charge is 0.256 e. The Balaban J connectivity index is 1.69. The van der Waals surface area contributed by atoms with Crippen molar-refractivity contribution in [3.05, 3.63) is 80.4 Å². The highest BCUT2D eigenvalue weighted by Gasteiger charge is 2.14. The Morgan fingerprint density at radius 1 is 0.964 bits per heavy atom. The van der Waals surface area contributed by atoms with Gasteiger partial charge in [0.05, 0.1) is 5.56 Å². The molecule has 0 saturated heterocycles. The molecule has 3 aromatic carbocycles. The zero-order chi connectivity index (χ0) is 19.8. The van der Waals surface area contributed by atoms with Crippen LogP contribution in [-0.4, -0.2) is 10.9 Å². The van der Waals surface area contributed by atoms with Crippen molar-refractivity contribution in [3.8, 4) is 11.5 Å². The second kappa shape index (κ2) is 7.39. The molecule has 0 atom stereocenters. The van der Waals surface area contributed by atoms with E-state index < -0.39 is 0 Å². The molecule has 4 rings (SSSR count). The van der Waals surface area contributed by atoms with E-state index in [-0.39, 0.29) is 5.91 Å². The summed E-state index contributed by atoms with van der Waals surface area (Å²) in [5.41, 5.74) is 7.16. The molecule has 4 nitrogen and oxygen atoms in total. The van der Waals surface area contributed by atoms with E-state index in [1.54, 1.807) is 0 Å². The Morgan fingerprint density at radius 3 is 2.50 bits per heavy atom. The summed E-state index contributed by atoms with van der Waals surface area (Å²) in [6.45, 7) is 6.09. The molecule has 0 aliphatic rings. The number of benzene rings is 3. The summed E-state index contributed by atoms with van der Waals surface area (Å²) in [5.74, 6) is 0.416. The molecule has 0 unspecified atom stereocenters. The number of amides is 1. The van der Waals surface area contributed by atoms with E-state index in [1.165, 1.54) is 11.1 Å². The van der Waals surface area contributed by atoms with Gasteiger partial charge in [-0.2, -0.15) is 0 Å². The first-order valence-electron chi connectivity index (χ1n) is 8.97. The molecule has 0 radical (unpaired) electrons. The van der Waals surface area contributed by atoms with Gasteiger partial charge < -0.3 is 9.73 Å². The van der Waals surface area contributed by atoms with E-state index in [0.717, 1.165) is 31.5 Å². The van der Waals surface area contributed by atoms with E-state index in [2.05, 4.69) is 46.7 Å². The summed E-state index contributed by atoms with van der Waals surface area (Å²) >= 11 is 2.17. The number of fused-ring (bicyclic) bond motifs is 1. The van der Waals surface area contributed by atoms with E-state index in [9.17, 15) is 4.79 Å². The molecule has 0 bridgehead atoms. The van der Waals surface area contributed by atoms with Crippen molar-refractivity contribution in [2.24, 2.45) is 0 Å². The molecule has 0 spiro atoms. The van der Waals surface area contributed by atoms with E-state index in [0.29, 0.717) is 11.5 Å². The molecule has 28 heavy (non-hydrogen) atoms. The molecule has 0 aliphatic carbocycles. The van der Waals surface area contributed by atoms with Gasteiger partial charge in [0.15, 0.2) is 5.58 Å². The molecular weight excluding hydrogens is 463 g/mol. The number of carbonyl (C=O) groups is 1. The number of hydrogen-bond donors (Lipinski definition) is 1. The highest BCUT2D eigenvalue weighted by molar-refractivity contribution is 14.1. The molecule has 0 fully saturated rings. The van der Waals surface area contributed by atoms with Gasteiger partial charge in [0.1, 0.15) is 5.52 Å². The van der Waals surface area contributed by atoms with Crippen LogP contribution in [-0.2, 0) is 0 Å². The minimum absolute atomic E-state index is 0.130. The third kappa shape index (κ3) is 3.54. The Morgan fingerprint density at radius 2 is 1.71 bits per heavy atom. The molecule has 1 heterocycles. The lowest BCUT2D eigenvalue weighted by Gasteiger charge is -2.10. The van der Waals surface area contributed by atoms with E-state index in [4.69, 9.17) is 4.42 Å². The van der Waals surface area contributed by atoms with Gasteiger partial charge in [-0.3, -0.25) is 4.79 Å². The van der Waals surface area contributed by atoms with Gasteiger partial charge in [0, 0.05) is 14.8 Å². The monoisotopic (exact) mass is 482 g/mol. The number of hydrogen-bond acceptors (Lipinski definition) is 3. The average molecular weight is 482 g/mol. The molecule has 0 aliphatic heterocycles. The summed E-state index contributed by atoms with van der Waals surface area (Å²) in [4.78, 5) is 17.3. The first-order valence-corrected chi connectivity index (χ1v) is 10.0. The first kappa shape index (κ1) is 18.7. The van der Waals surface area contributed by atoms with Crippen LogP contribution in [0.4, 0.5) is 5.69 Å². The maximum Gasteiger partial charge on any atom is 0.256 e. The lowest BCUT2D eigenvalue weighted by molar-refractivity contribution is 0.102. The van der Waals surface area contributed by atoms with Gasteiger partial charge in [-0.05, 0) is 96.5 Å². The summed E-state index contributed by atoms with van der Waals surface area (Å²) in [6.07, 6.45) is 0. The fourth-order valence-corrected chi connectivity index (χ4v) is 3.66. The lowest BCUT2D eigenvalue weighted by atomic mass is 10.1. The molecule has 1 amide bonds. The number of carbonyl (C=O) groups excluding carboxylic acids is 1. The number of nitrogens with zero attached hydrogens (tertiary/aromatic N) is 1. The fraction of sp³-hybridized carbons (Fsp3) is 0.130. The van der Waals surface area contributed by atoms with Gasteiger partial charge in [0.2, 0.25) is 5.89 Å². The normalized spacial score (nSPS) is 11.0. The summed E-state index contributed by atoms with van der Waals surface area (Å²) in [7, 11) is 0. The van der Waals surface area contributed by atoms with Gasteiger partial charge in [-0.15, -0.1) is 0 Å². The van der Waals surface area contributed by atoms with Crippen LogP contribution < -0.4 is 5.32 Å². The predicted molar refractivity (Wildman–Crippen MR) is 121 cm³/mol. The van der Waals surface area contributed by atoms with Gasteiger partial charge >= 0.3 is 0 Å². The van der Waals surface area contributed by atoms with E-state index in [1.807, 2.05) is 61.5 Å². The molecule has 140 valence electrons. The van der Waals surface area contributed by atoms with Crippen molar-refractivity contribution in [3.63, 3.8) is 0 Å². The quantitative estimate of drug-likeness (QED) is 0.350. The number of oxazole rings is 1. The van der Waals surface area contributed by atoms with Crippen LogP contribution in [0, 0.1) is 24.3 Å².